The van der Waals surface area contributed by atoms with Crippen LogP contribution in [0, 0.1) is 5.82 Å². The Kier molecular flexibility index (Phi) is 6.63. The first-order chi connectivity index (χ1) is 17.4. The summed E-state index contributed by atoms with van der Waals surface area (Å²) >= 11 is 6.66. The van der Waals surface area contributed by atoms with E-state index in [4.69, 9.17) is 11.6 Å². The second-order valence-corrected chi connectivity index (χ2v) is 9.61. The van der Waals surface area contributed by atoms with E-state index in [9.17, 15) is 18.8 Å². The molecule has 1 aromatic heterocycles. The van der Waals surface area contributed by atoms with Crippen molar-refractivity contribution in [2.75, 3.05) is 11.9 Å². The monoisotopic (exact) mass is 519 g/mol. The molecule has 36 heavy (non-hydrogen) atoms. The zero-order chi connectivity index (χ0) is 25.2. The van der Waals surface area contributed by atoms with Gasteiger partial charge in [0.25, 0.3) is 11.1 Å². The summed E-state index contributed by atoms with van der Waals surface area (Å²) in [4.78, 5) is 39.2. The molecule has 0 atom stereocenters. The molecular formula is C27H19ClFN3O3S. The second kappa shape index (κ2) is 10.0. The Morgan fingerprint density at radius 2 is 1.72 bits per heavy atom. The van der Waals surface area contributed by atoms with Crippen molar-refractivity contribution in [3.05, 3.63) is 106 Å². The van der Waals surface area contributed by atoms with Crippen LogP contribution in [0.4, 0.5) is 14.9 Å². The van der Waals surface area contributed by atoms with Crippen LogP contribution in [0.2, 0.25) is 5.02 Å². The van der Waals surface area contributed by atoms with E-state index in [1.807, 2.05) is 35.0 Å². The van der Waals surface area contributed by atoms with Crippen LogP contribution in [0.25, 0.3) is 17.0 Å². The molecule has 1 saturated heterocycles. The molecule has 2 heterocycles. The van der Waals surface area contributed by atoms with Gasteiger partial charge in [-0.1, -0.05) is 41.9 Å². The van der Waals surface area contributed by atoms with E-state index in [0.717, 1.165) is 38.7 Å². The third-order valence-corrected chi connectivity index (χ3v) is 6.83. The van der Waals surface area contributed by atoms with Crippen molar-refractivity contribution >= 4 is 63.1 Å². The number of para-hydroxylation sites is 1. The molecule has 6 nitrogen and oxygen atoms in total. The van der Waals surface area contributed by atoms with E-state index in [1.54, 1.807) is 42.5 Å². The lowest BCUT2D eigenvalue weighted by Crippen LogP contribution is -2.36. The van der Waals surface area contributed by atoms with Crippen LogP contribution in [0.15, 0.2) is 83.9 Å². The van der Waals surface area contributed by atoms with E-state index >= 15 is 0 Å². The molecule has 1 fully saturated rings. The highest BCUT2D eigenvalue weighted by Crippen LogP contribution is 2.34. The van der Waals surface area contributed by atoms with Gasteiger partial charge in [-0.3, -0.25) is 19.3 Å². The van der Waals surface area contributed by atoms with E-state index in [2.05, 4.69) is 5.32 Å². The predicted octanol–water partition coefficient (Wildman–Crippen LogP) is 6.16. The zero-order valence-corrected chi connectivity index (χ0v) is 20.4. The highest BCUT2D eigenvalue weighted by Gasteiger charge is 2.36. The van der Waals surface area contributed by atoms with Crippen LogP contribution in [-0.2, 0) is 16.1 Å². The Bertz CT molecular complexity index is 1510. The fraction of sp³-hybridized carbons (Fsp3) is 0.0741. The minimum Gasteiger partial charge on any atom is -0.342 e. The number of amides is 3. The minimum atomic E-state index is -0.522. The number of carbonyl (C=O) groups is 3. The molecule has 3 amide bonds. The molecule has 5 rings (SSSR count). The average molecular weight is 520 g/mol. The van der Waals surface area contributed by atoms with E-state index in [0.29, 0.717) is 17.3 Å². The van der Waals surface area contributed by atoms with Crippen molar-refractivity contribution in [1.29, 1.82) is 0 Å². The summed E-state index contributed by atoms with van der Waals surface area (Å²) in [6.45, 7) is 0.123. The Morgan fingerprint density at radius 1 is 1.00 bits per heavy atom. The van der Waals surface area contributed by atoms with Crippen LogP contribution in [0.3, 0.4) is 0 Å². The highest BCUT2D eigenvalue weighted by molar-refractivity contribution is 8.18. The van der Waals surface area contributed by atoms with Crippen LogP contribution >= 0.6 is 23.4 Å². The summed E-state index contributed by atoms with van der Waals surface area (Å²) in [6, 6.07) is 20.5. The lowest BCUT2D eigenvalue weighted by molar-refractivity contribution is -0.127. The molecule has 4 aromatic rings. The number of imide groups is 1. The number of hydrogen-bond donors (Lipinski definition) is 1. The molecule has 0 aliphatic carbocycles. The standard InChI is InChI=1S/C27H19ClFN3O3S/c28-19-7-11-21(12-8-19)30-25(33)16-32-26(34)24(36-27(32)35)13-18-15-31(23-4-2-1-3-22(18)23)14-17-5-9-20(29)10-6-17/h1-13,15H,14,16H2,(H,30,33)/b24-13-. The van der Waals surface area contributed by atoms with Gasteiger partial charge in [0, 0.05) is 39.9 Å². The number of carbonyl (C=O) groups excluding carboxylic acids is 3. The van der Waals surface area contributed by atoms with Crippen molar-refractivity contribution in [3.63, 3.8) is 0 Å². The number of benzene rings is 3. The number of rotatable bonds is 6. The molecule has 1 N–H and O–H groups in total. The first-order valence-electron chi connectivity index (χ1n) is 11.0. The molecule has 0 bridgehead atoms. The van der Waals surface area contributed by atoms with Gasteiger partial charge in [-0.25, -0.2) is 4.39 Å². The van der Waals surface area contributed by atoms with Crippen molar-refractivity contribution < 1.29 is 18.8 Å². The number of fused-ring (bicyclic) bond motifs is 1. The Labute approximate surface area is 215 Å². The van der Waals surface area contributed by atoms with Crippen LogP contribution < -0.4 is 5.32 Å². The molecule has 0 radical (unpaired) electrons. The number of thioether (sulfide) groups is 1. The molecule has 9 heteroatoms. The molecule has 0 unspecified atom stereocenters. The maximum absolute atomic E-state index is 13.3. The van der Waals surface area contributed by atoms with Gasteiger partial charge in [0.2, 0.25) is 5.91 Å². The largest absolute Gasteiger partial charge is 0.342 e. The SMILES string of the molecule is O=C(CN1C(=O)S/C(=C\c2cn(Cc3ccc(F)cc3)c3ccccc23)C1=O)Nc1ccc(Cl)cc1. The first-order valence-corrected chi connectivity index (χ1v) is 12.2. The summed E-state index contributed by atoms with van der Waals surface area (Å²) in [5, 5.41) is 3.59. The van der Waals surface area contributed by atoms with Crippen LogP contribution in [-0.4, -0.2) is 33.1 Å². The number of halogens is 2. The normalized spacial score (nSPS) is 14.7. The van der Waals surface area contributed by atoms with E-state index in [1.165, 1.54) is 12.1 Å². The van der Waals surface area contributed by atoms with Gasteiger partial charge in [-0.05, 0) is 65.9 Å². The van der Waals surface area contributed by atoms with E-state index in [-0.39, 0.29) is 10.7 Å². The van der Waals surface area contributed by atoms with Gasteiger partial charge in [0.05, 0.1) is 4.91 Å². The average Bonchev–Trinajstić information content (AvgIpc) is 3.34. The zero-order valence-electron chi connectivity index (χ0n) is 18.8. The van der Waals surface area contributed by atoms with Crippen LogP contribution in [0.5, 0.6) is 0 Å². The number of anilines is 1. The molecule has 1 aliphatic rings. The van der Waals surface area contributed by atoms with Gasteiger partial charge in [0.15, 0.2) is 0 Å². The number of hydrogen-bond acceptors (Lipinski definition) is 4. The number of aromatic nitrogens is 1. The summed E-state index contributed by atoms with van der Waals surface area (Å²) in [5.74, 6) is -1.31. The molecular weight excluding hydrogens is 501 g/mol. The summed E-state index contributed by atoms with van der Waals surface area (Å²) in [6.07, 6.45) is 3.57. The predicted molar refractivity (Wildman–Crippen MR) is 140 cm³/mol. The Hall–Kier alpha value is -3.88. The van der Waals surface area contributed by atoms with Crippen molar-refractivity contribution in [1.82, 2.24) is 9.47 Å². The Morgan fingerprint density at radius 3 is 2.47 bits per heavy atom. The van der Waals surface area contributed by atoms with E-state index < -0.39 is 23.6 Å². The topological polar surface area (TPSA) is 71.4 Å². The fourth-order valence-corrected chi connectivity index (χ4v) is 4.92. The van der Waals surface area contributed by atoms with Crippen molar-refractivity contribution in [2.45, 2.75) is 6.54 Å². The molecule has 0 spiro atoms. The van der Waals surface area contributed by atoms with Gasteiger partial charge in [0.1, 0.15) is 12.4 Å². The maximum atomic E-state index is 13.3. The third-order valence-electron chi connectivity index (χ3n) is 5.68. The molecule has 1 aliphatic heterocycles. The van der Waals surface area contributed by atoms with Gasteiger partial charge in [-0.15, -0.1) is 0 Å². The molecule has 0 saturated carbocycles. The fourth-order valence-electron chi connectivity index (χ4n) is 3.96. The van der Waals surface area contributed by atoms with Gasteiger partial charge >= 0.3 is 0 Å². The Balaban J connectivity index is 1.36. The van der Waals surface area contributed by atoms with Gasteiger partial charge in [-0.2, -0.15) is 0 Å². The lowest BCUT2D eigenvalue weighted by atomic mass is 10.1. The van der Waals surface area contributed by atoms with Gasteiger partial charge < -0.3 is 9.88 Å². The van der Waals surface area contributed by atoms with Crippen molar-refractivity contribution in [3.8, 4) is 0 Å². The summed E-state index contributed by atoms with van der Waals surface area (Å²) < 4.78 is 15.3. The van der Waals surface area contributed by atoms with Crippen LogP contribution in [0.1, 0.15) is 11.1 Å². The summed E-state index contributed by atoms with van der Waals surface area (Å²) in [7, 11) is 0. The second-order valence-electron chi connectivity index (χ2n) is 8.18. The number of nitrogens with zero attached hydrogens (tertiary/aromatic N) is 2. The molecule has 3 aromatic carbocycles. The summed E-state index contributed by atoms with van der Waals surface area (Å²) in [5.41, 5.74) is 3.15. The van der Waals surface area contributed by atoms with Crippen molar-refractivity contribution in [2.24, 2.45) is 0 Å². The minimum absolute atomic E-state index is 0.240. The lowest BCUT2D eigenvalue weighted by Gasteiger charge is -2.12. The molecule has 180 valence electrons. The number of nitrogens with one attached hydrogen (secondary N) is 1. The highest BCUT2D eigenvalue weighted by atomic mass is 35.5. The quantitative estimate of drug-likeness (QED) is 0.310. The maximum Gasteiger partial charge on any atom is 0.294 e. The smallest absolute Gasteiger partial charge is 0.294 e. The third kappa shape index (κ3) is 5.05. The first kappa shape index (κ1) is 23.8.